The molecular weight excluding hydrogens is 326 g/mol. The molecule has 0 aliphatic rings. The van der Waals surface area contributed by atoms with Gasteiger partial charge in [-0.25, -0.2) is 14.8 Å². The zero-order chi connectivity index (χ0) is 17.5. The Balaban J connectivity index is 1.96. The minimum atomic E-state index is -1.03. The number of carboxylic acids is 1. The fourth-order valence-corrected chi connectivity index (χ4v) is 2.78. The number of benzene rings is 1. The molecule has 7 heteroatoms. The largest absolute Gasteiger partial charge is 0.478 e. The van der Waals surface area contributed by atoms with Gasteiger partial charge in [0.05, 0.1) is 11.3 Å². The lowest BCUT2D eigenvalue weighted by Gasteiger charge is -2.06. The highest BCUT2D eigenvalue weighted by Gasteiger charge is 2.10. The number of carbonyl (C=O) groups excluding carboxylic acids is 1. The molecule has 0 atom stereocenters. The number of carboxylic acid groups (broad SMARTS) is 1. The molecule has 0 aliphatic carbocycles. The Bertz CT molecular complexity index is 732. The van der Waals surface area contributed by atoms with Gasteiger partial charge in [0, 0.05) is 24.1 Å². The van der Waals surface area contributed by atoms with Crippen molar-refractivity contribution in [2.45, 2.75) is 31.2 Å². The summed E-state index contributed by atoms with van der Waals surface area (Å²) in [5, 5.41) is 12.3. The molecule has 0 bridgehead atoms. The topological polar surface area (TPSA) is 92.2 Å². The summed E-state index contributed by atoms with van der Waals surface area (Å²) in [4.78, 5) is 31.0. The number of nitrogens with zero attached hydrogens (tertiary/aromatic N) is 2. The first-order chi connectivity index (χ1) is 11.5. The number of aryl methyl sites for hydroxylation is 1. The maximum absolute atomic E-state index is 11.8. The maximum Gasteiger partial charge on any atom is 0.339 e. The molecule has 0 spiro atoms. The van der Waals surface area contributed by atoms with Crippen LogP contribution in [0.15, 0.2) is 35.6 Å². The molecular formula is C17H19N3O3S. The van der Waals surface area contributed by atoms with E-state index < -0.39 is 5.97 Å². The van der Waals surface area contributed by atoms with Crippen molar-refractivity contribution >= 4 is 23.6 Å². The van der Waals surface area contributed by atoms with Crippen LogP contribution in [0.25, 0.3) is 0 Å². The summed E-state index contributed by atoms with van der Waals surface area (Å²) >= 11 is 1.42. The van der Waals surface area contributed by atoms with Crippen LogP contribution in [-0.2, 0) is 5.75 Å². The molecule has 1 aromatic carbocycles. The second-order valence-electron chi connectivity index (χ2n) is 5.20. The molecule has 0 fully saturated rings. The standard InChI is InChI=1S/C17H19N3O3S/c1-3-8-18-15(21)13-6-4-12(5-7-13)10-24-17-19-9-14(16(22)23)11(2)20-17/h4-7,9H,3,8,10H2,1-2H3,(H,18,21)(H,22,23). The van der Waals surface area contributed by atoms with Crippen molar-refractivity contribution in [2.75, 3.05) is 6.54 Å². The molecule has 1 heterocycles. The molecule has 1 aromatic heterocycles. The van der Waals surface area contributed by atoms with E-state index in [0.29, 0.717) is 28.7 Å². The van der Waals surface area contributed by atoms with Crippen molar-refractivity contribution in [3.8, 4) is 0 Å². The van der Waals surface area contributed by atoms with Gasteiger partial charge < -0.3 is 10.4 Å². The van der Waals surface area contributed by atoms with Gasteiger partial charge in [0.25, 0.3) is 5.91 Å². The Labute approximate surface area is 144 Å². The molecule has 126 valence electrons. The molecule has 2 rings (SSSR count). The Morgan fingerprint density at radius 3 is 2.54 bits per heavy atom. The Hall–Kier alpha value is -2.41. The van der Waals surface area contributed by atoms with Crippen LogP contribution in [0, 0.1) is 6.92 Å². The van der Waals surface area contributed by atoms with E-state index in [2.05, 4.69) is 15.3 Å². The second-order valence-corrected chi connectivity index (χ2v) is 6.14. The van der Waals surface area contributed by atoms with Crippen LogP contribution >= 0.6 is 11.8 Å². The molecule has 1 amide bonds. The fraction of sp³-hybridized carbons (Fsp3) is 0.294. The SMILES string of the molecule is CCCNC(=O)c1ccc(CSc2ncc(C(=O)O)c(C)n2)cc1. The summed E-state index contributed by atoms with van der Waals surface area (Å²) in [7, 11) is 0. The average molecular weight is 345 g/mol. The van der Waals surface area contributed by atoms with E-state index in [1.165, 1.54) is 18.0 Å². The van der Waals surface area contributed by atoms with Gasteiger partial charge in [0.15, 0.2) is 5.16 Å². The molecule has 2 N–H and O–H groups in total. The van der Waals surface area contributed by atoms with Crippen LogP contribution in [0.3, 0.4) is 0 Å². The third-order valence-corrected chi connectivity index (χ3v) is 4.24. The zero-order valence-electron chi connectivity index (χ0n) is 13.6. The van der Waals surface area contributed by atoms with Gasteiger partial charge >= 0.3 is 5.97 Å². The van der Waals surface area contributed by atoms with Crippen LogP contribution in [0.5, 0.6) is 0 Å². The van der Waals surface area contributed by atoms with Gasteiger partial charge in [0.2, 0.25) is 0 Å². The first-order valence-corrected chi connectivity index (χ1v) is 8.56. The van der Waals surface area contributed by atoms with Gasteiger partial charge in [-0.3, -0.25) is 4.79 Å². The molecule has 0 unspecified atom stereocenters. The van der Waals surface area contributed by atoms with E-state index in [0.717, 1.165) is 12.0 Å². The number of hydrogen-bond donors (Lipinski definition) is 2. The summed E-state index contributed by atoms with van der Waals surface area (Å²) in [6.07, 6.45) is 2.23. The normalized spacial score (nSPS) is 10.4. The van der Waals surface area contributed by atoms with Gasteiger partial charge in [0.1, 0.15) is 0 Å². The summed E-state index contributed by atoms with van der Waals surface area (Å²) in [5.74, 6) is -0.455. The molecule has 0 saturated carbocycles. The quantitative estimate of drug-likeness (QED) is 0.592. The van der Waals surface area contributed by atoms with E-state index in [4.69, 9.17) is 5.11 Å². The van der Waals surface area contributed by atoms with Gasteiger partial charge in [-0.2, -0.15) is 0 Å². The molecule has 24 heavy (non-hydrogen) atoms. The number of nitrogens with one attached hydrogen (secondary N) is 1. The predicted octanol–water partition coefficient (Wildman–Crippen LogP) is 2.92. The van der Waals surface area contributed by atoms with Gasteiger partial charge in [-0.15, -0.1) is 0 Å². The first kappa shape index (κ1) is 17.9. The van der Waals surface area contributed by atoms with Crippen molar-refractivity contribution in [3.05, 3.63) is 52.8 Å². The number of aromatic nitrogens is 2. The highest BCUT2D eigenvalue weighted by Crippen LogP contribution is 2.20. The van der Waals surface area contributed by atoms with Crippen LogP contribution in [0.4, 0.5) is 0 Å². The van der Waals surface area contributed by atoms with E-state index in [-0.39, 0.29) is 11.5 Å². The second kappa shape index (κ2) is 8.44. The number of rotatable bonds is 7. The van der Waals surface area contributed by atoms with Gasteiger partial charge in [-0.05, 0) is 31.0 Å². The van der Waals surface area contributed by atoms with Crippen LogP contribution in [0.1, 0.15) is 45.3 Å². The van der Waals surface area contributed by atoms with Crippen molar-refractivity contribution in [3.63, 3.8) is 0 Å². The van der Waals surface area contributed by atoms with E-state index >= 15 is 0 Å². The Kier molecular flexibility index (Phi) is 6.31. The minimum absolute atomic E-state index is 0.0701. The third kappa shape index (κ3) is 4.79. The van der Waals surface area contributed by atoms with Crippen LogP contribution < -0.4 is 5.32 Å². The van der Waals surface area contributed by atoms with Gasteiger partial charge in [-0.1, -0.05) is 30.8 Å². The van der Waals surface area contributed by atoms with E-state index in [1.54, 1.807) is 19.1 Å². The van der Waals surface area contributed by atoms with E-state index in [9.17, 15) is 9.59 Å². The highest BCUT2D eigenvalue weighted by atomic mass is 32.2. The summed E-state index contributed by atoms with van der Waals surface area (Å²) < 4.78 is 0. The van der Waals surface area contributed by atoms with Crippen molar-refractivity contribution in [1.29, 1.82) is 0 Å². The smallest absolute Gasteiger partial charge is 0.339 e. The lowest BCUT2D eigenvalue weighted by Crippen LogP contribution is -2.23. The predicted molar refractivity (Wildman–Crippen MR) is 92.4 cm³/mol. The maximum atomic E-state index is 11.8. The number of amides is 1. The molecule has 2 aromatic rings. The van der Waals surface area contributed by atoms with Crippen LogP contribution in [0.2, 0.25) is 0 Å². The number of carbonyl (C=O) groups is 2. The van der Waals surface area contributed by atoms with Crippen molar-refractivity contribution in [2.24, 2.45) is 0 Å². The molecule has 0 aliphatic heterocycles. The number of hydrogen-bond acceptors (Lipinski definition) is 5. The minimum Gasteiger partial charge on any atom is -0.478 e. The monoisotopic (exact) mass is 345 g/mol. The Morgan fingerprint density at radius 2 is 1.96 bits per heavy atom. The third-order valence-electron chi connectivity index (χ3n) is 3.31. The average Bonchev–Trinajstić information content (AvgIpc) is 2.58. The lowest BCUT2D eigenvalue weighted by molar-refractivity contribution is 0.0694. The number of aromatic carboxylic acids is 1. The molecule has 6 nitrogen and oxygen atoms in total. The highest BCUT2D eigenvalue weighted by molar-refractivity contribution is 7.98. The summed E-state index contributed by atoms with van der Waals surface area (Å²) in [6, 6.07) is 7.37. The molecule has 0 saturated heterocycles. The summed E-state index contributed by atoms with van der Waals surface area (Å²) in [6.45, 7) is 4.33. The first-order valence-electron chi connectivity index (χ1n) is 7.58. The molecule has 0 radical (unpaired) electrons. The van der Waals surface area contributed by atoms with E-state index in [1.807, 2.05) is 19.1 Å². The Morgan fingerprint density at radius 1 is 1.25 bits per heavy atom. The lowest BCUT2D eigenvalue weighted by atomic mass is 10.1. The zero-order valence-corrected chi connectivity index (χ0v) is 14.4. The number of thioether (sulfide) groups is 1. The van der Waals surface area contributed by atoms with Crippen molar-refractivity contribution < 1.29 is 14.7 Å². The van der Waals surface area contributed by atoms with Crippen molar-refractivity contribution in [1.82, 2.24) is 15.3 Å². The fourth-order valence-electron chi connectivity index (χ4n) is 1.97. The summed E-state index contributed by atoms with van der Waals surface area (Å²) in [5.41, 5.74) is 2.23. The van der Waals surface area contributed by atoms with Crippen LogP contribution in [-0.4, -0.2) is 33.5 Å².